The van der Waals surface area contributed by atoms with Crippen LogP contribution in [0.5, 0.6) is 0 Å². The third kappa shape index (κ3) is 59.2. The fourth-order valence-corrected chi connectivity index (χ4v) is 2.58. The van der Waals surface area contributed by atoms with Gasteiger partial charge in [-0.2, -0.15) is 0 Å². The topological polar surface area (TPSA) is 138 Å². The Hall–Kier alpha value is 2.11. The van der Waals surface area contributed by atoms with Crippen LogP contribution in [0.4, 0.5) is 0 Å². The Morgan fingerprint density at radius 1 is 0.478 bits per heavy atom. The van der Waals surface area contributed by atoms with E-state index < -0.39 is 25.1 Å². The Labute approximate surface area is 166 Å². The van der Waals surface area contributed by atoms with Crippen LogP contribution in [0, 0.1) is 0 Å². The first kappa shape index (κ1) is 36.1. The molecule has 11 heteroatoms. The summed E-state index contributed by atoms with van der Waals surface area (Å²) in [6, 6.07) is 0. The van der Waals surface area contributed by atoms with E-state index in [1.54, 1.807) is 0 Å². The molecule has 0 unspecified atom stereocenters. The molecule has 0 N–H and O–H groups in total. The van der Waals surface area contributed by atoms with Crippen molar-refractivity contribution in [1.82, 2.24) is 0 Å². The van der Waals surface area contributed by atoms with Crippen molar-refractivity contribution in [3.05, 3.63) is 0 Å². The maximum Gasteiger partial charge on any atom is 3.00 e. The summed E-state index contributed by atoms with van der Waals surface area (Å²) >= 11 is 0. The van der Waals surface area contributed by atoms with Gasteiger partial charge in [0.25, 0.3) is 0 Å². The summed E-state index contributed by atoms with van der Waals surface area (Å²) in [5, 5.41) is 0. The van der Waals surface area contributed by atoms with Crippen LogP contribution < -0.4 is 29.4 Å². The largest absolute Gasteiger partial charge is 3.00 e. The second kappa shape index (κ2) is 31.8. The van der Waals surface area contributed by atoms with Gasteiger partial charge >= 0.3 is 34.7 Å². The van der Waals surface area contributed by atoms with Gasteiger partial charge in [-0.15, -0.1) is 0 Å². The van der Waals surface area contributed by atoms with Crippen molar-refractivity contribution in [2.24, 2.45) is 0 Å². The second-order valence-electron chi connectivity index (χ2n) is 4.23. The summed E-state index contributed by atoms with van der Waals surface area (Å²) in [5.74, 6) is 0. The van der Waals surface area contributed by atoms with Gasteiger partial charge in [0, 0.05) is 0 Å². The molecule has 0 aliphatic rings. The maximum atomic E-state index is 9.80. The predicted molar refractivity (Wildman–Crippen MR) is 91.6 cm³/mol. The summed E-state index contributed by atoms with van der Waals surface area (Å²) < 4.78 is 0. The summed E-state index contributed by atoms with van der Waals surface area (Å²) in [7, 11) is -6.32. The van der Waals surface area contributed by atoms with Crippen LogP contribution in [0.15, 0.2) is 0 Å². The van der Waals surface area contributed by atoms with E-state index in [0.29, 0.717) is 18.5 Å². The maximum absolute atomic E-state index is 9.80. The Morgan fingerprint density at radius 2 is 0.652 bits per heavy atom. The molecule has 0 aromatic rings. The molecule has 0 aromatic heterocycles. The molecule has 0 aliphatic carbocycles. The van der Waals surface area contributed by atoms with E-state index in [0.717, 1.165) is 38.5 Å². The van der Waals surface area contributed by atoms with Crippen molar-refractivity contribution < 1.29 is 29.4 Å². The van der Waals surface area contributed by atoms with Crippen molar-refractivity contribution in [3.8, 4) is 0 Å². The van der Waals surface area contributed by atoms with Crippen molar-refractivity contribution in [2.45, 2.75) is 59.3 Å². The molecule has 0 atom stereocenters. The minimum Gasteiger partial charge on any atom is -0.842 e. The third-order valence-corrected chi connectivity index (χ3v) is 4.13. The minimum atomic E-state index is -2.11. The Balaban J connectivity index is -0.0000000675. The zero-order valence-electron chi connectivity index (χ0n) is 14.3. The van der Waals surface area contributed by atoms with E-state index in [2.05, 4.69) is 0 Å². The molecule has 0 amide bonds. The first-order valence-corrected chi connectivity index (χ1v) is 11.3. The number of unbranched alkanes of at least 4 members (excludes halogenated alkanes) is 3. The standard InChI is InChI=1S/3C4H9O2P.2Al/c3*1-2-3-4-7(5)6;;/h3*2-4H2,1H3;;/q3*-2;2*+3. The minimum absolute atomic E-state index is 0. The zero-order valence-corrected chi connectivity index (χ0v) is 19.3. The van der Waals surface area contributed by atoms with E-state index in [1.165, 1.54) is 0 Å². The molecule has 0 aliphatic heterocycles. The molecule has 6 nitrogen and oxygen atoms in total. The summed E-state index contributed by atoms with van der Waals surface area (Å²) in [6.07, 6.45) is 6.36. The van der Waals surface area contributed by atoms with E-state index >= 15 is 0 Å². The van der Waals surface area contributed by atoms with Gasteiger partial charge in [-0.1, -0.05) is 77.8 Å². The van der Waals surface area contributed by atoms with Crippen molar-refractivity contribution in [1.29, 1.82) is 0 Å². The Morgan fingerprint density at radius 3 is 0.696 bits per heavy atom. The smallest absolute Gasteiger partial charge is 0.842 e. The molecule has 0 saturated carbocycles. The first-order chi connectivity index (χ1) is 9.81. The number of hydrogen-bond acceptors (Lipinski definition) is 6. The van der Waals surface area contributed by atoms with E-state index in [1.807, 2.05) is 20.8 Å². The van der Waals surface area contributed by atoms with Gasteiger partial charge in [0.1, 0.15) is 0 Å². The molecular formula is C12H27Al2O6P3. The summed E-state index contributed by atoms with van der Waals surface area (Å²) in [6.45, 7) is 5.91. The predicted octanol–water partition coefficient (Wildman–Crippen LogP) is -1.30. The SMILES string of the molecule is CCCCP([O-])[O-].CCCCP([O-])[O-].CCCCP([O-])[O-].[Al+3].[Al+3]. The molecule has 0 spiro atoms. The van der Waals surface area contributed by atoms with Gasteiger partial charge in [0.2, 0.25) is 0 Å². The van der Waals surface area contributed by atoms with Gasteiger partial charge < -0.3 is 54.5 Å². The Bertz CT molecular complexity index is 154. The first-order valence-electron chi connectivity index (χ1n) is 7.17. The fraction of sp³-hybridized carbons (Fsp3) is 1.00. The van der Waals surface area contributed by atoms with Gasteiger partial charge in [-0.3, -0.25) is 0 Å². The molecule has 0 fully saturated rings. The van der Waals surface area contributed by atoms with Gasteiger partial charge in [0.05, 0.1) is 0 Å². The monoisotopic (exact) mass is 414 g/mol. The molecule has 0 radical (unpaired) electrons. The number of rotatable bonds is 9. The van der Waals surface area contributed by atoms with Gasteiger partial charge in [0.15, 0.2) is 0 Å². The van der Waals surface area contributed by atoms with Gasteiger partial charge in [-0.25, -0.2) is 0 Å². The van der Waals surface area contributed by atoms with E-state index in [-0.39, 0.29) is 34.7 Å². The van der Waals surface area contributed by atoms with Crippen molar-refractivity contribution in [2.75, 3.05) is 18.5 Å². The van der Waals surface area contributed by atoms with Crippen LogP contribution >= 0.6 is 25.1 Å². The van der Waals surface area contributed by atoms with Crippen LogP contribution in [0.3, 0.4) is 0 Å². The molecule has 0 heterocycles. The van der Waals surface area contributed by atoms with E-state index in [9.17, 15) is 29.4 Å². The molecule has 0 rings (SSSR count). The van der Waals surface area contributed by atoms with E-state index in [4.69, 9.17) is 0 Å². The molecular weight excluding hydrogens is 387 g/mol. The quantitative estimate of drug-likeness (QED) is 0.339. The van der Waals surface area contributed by atoms with Crippen molar-refractivity contribution in [3.63, 3.8) is 0 Å². The van der Waals surface area contributed by atoms with Crippen LogP contribution in [0.2, 0.25) is 0 Å². The average molecular weight is 414 g/mol. The Kier molecular flexibility index (Phi) is 50.0. The normalized spacial score (nSPS) is 9.39. The van der Waals surface area contributed by atoms with Crippen LogP contribution in [0.25, 0.3) is 0 Å². The number of hydrogen-bond donors (Lipinski definition) is 0. The molecule has 0 saturated heterocycles. The molecule has 23 heavy (non-hydrogen) atoms. The summed E-state index contributed by atoms with van der Waals surface area (Å²) in [5.41, 5.74) is 0. The van der Waals surface area contributed by atoms with Gasteiger partial charge in [-0.05, 0) is 0 Å². The molecule has 132 valence electrons. The fourth-order valence-electron chi connectivity index (χ4n) is 0.862. The average Bonchev–Trinajstić information content (AvgIpc) is 2.41. The van der Waals surface area contributed by atoms with Crippen LogP contribution in [-0.4, -0.2) is 53.2 Å². The van der Waals surface area contributed by atoms with Crippen molar-refractivity contribution >= 4 is 59.8 Å². The summed E-state index contributed by atoms with van der Waals surface area (Å²) in [4.78, 5) is 58.8. The van der Waals surface area contributed by atoms with Crippen LogP contribution in [-0.2, 0) is 0 Å². The van der Waals surface area contributed by atoms with Crippen LogP contribution in [0.1, 0.15) is 59.3 Å². The third-order valence-electron chi connectivity index (χ3n) is 2.08. The second-order valence-corrected chi connectivity index (χ2v) is 7.57. The molecule has 0 bridgehead atoms. The molecule has 0 aromatic carbocycles. The zero-order chi connectivity index (χ0) is 17.1.